The van der Waals surface area contributed by atoms with Gasteiger partial charge in [0.2, 0.25) is 5.91 Å². The van der Waals surface area contributed by atoms with Crippen molar-refractivity contribution in [1.29, 1.82) is 0 Å². The van der Waals surface area contributed by atoms with Gasteiger partial charge in [-0.15, -0.1) is 0 Å². The van der Waals surface area contributed by atoms with Crippen molar-refractivity contribution in [1.82, 2.24) is 9.80 Å². The van der Waals surface area contributed by atoms with Crippen LogP contribution in [-0.2, 0) is 4.79 Å². The lowest BCUT2D eigenvalue weighted by molar-refractivity contribution is -0.142. The van der Waals surface area contributed by atoms with E-state index in [4.69, 9.17) is 5.73 Å². The number of likely N-dealkylation sites (N-methyl/N-ethyl adjacent to an activating group) is 1. The molecule has 1 saturated heterocycles. The van der Waals surface area contributed by atoms with Crippen molar-refractivity contribution >= 4 is 5.91 Å². The molecular formula is C17H31N3O. The van der Waals surface area contributed by atoms with Crippen molar-refractivity contribution in [3.05, 3.63) is 0 Å². The van der Waals surface area contributed by atoms with Crippen LogP contribution in [0.2, 0.25) is 0 Å². The van der Waals surface area contributed by atoms with Crippen molar-refractivity contribution in [3.8, 4) is 0 Å². The molecule has 0 aromatic rings. The Morgan fingerprint density at radius 2 is 1.86 bits per heavy atom. The van der Waals surface area contributed by atoms with Gasteiger partial charge >= 0.3 is 0 Å². The summed E-state index contributed by atoms with van der Waals surface area (Å²) in [6.45, 7) is 3.37. The summed E-state index contributed by atoms with van der Waals surface area (Å²) in [5, 5.41) is 0. The molecule has 21 heavy (non-hydrogen) atoms. The quantitative estimate of drug-likeness (QED) is 0.843. The molecule has 3 aliphatic rings. The maximum atomic E-state index is 13.0. The first kappa shape index (κ1) is 15.3. The summed E-state index contributed by atoms with van der Waals surface area (Å²) < 4.78 is 0. The Morgan fingerprint density at radius 1 is 1.10 bits per heavy atom. The van der Waals surface area contributed by atoms with Crippen molar-refractivity contribution in [2.24, 2.45) is 23.5 Å². The molecule has 0 aromatic heterocycles. The van der Waals surface area contributed by atoms with Gasteiger partial charge < -0.3 is 15.5 Å². The van der Waals surface area contributed by atoms with Gasteiger partial charge in [0, 0.05) is 32.1 Å². The zero-order valence-electron chi connectivity index (χ0n) is 13.5. The topological polar surface area (TPSA) is 49.6 Å². The SMILES string of the molecule is CN1CCN(C(=O)C2CCC3CCCCC3C2)C(CN)C1. The van der Waals surface area contributed by atoms with Gasteiger partial charge in [0.15, 0.2) is 0 Å². The molecule has 4 atom stereocenters. The number of rotatable bonds is 2. The summed E-state index contributed by atoms with van der Waals surface area (Å²) in [6.07, 6.45) is 9.09. The average molecular weight is 293 g/mol. The average Bonchev–Trinajstić information content (AvgIpc) is 2.53. The van der Waals surface area contributed by atoms with Gasteiger partial charge in [0.25, 0.3) is 0 Å². The molecule has 0 spiro atoms. The predicted octanol–water partition coefficient (Wildman–Crippen LogP) is 1.69. The molecule has 2 N–H and O–H groups in total. The van der Waals surface area contributed by atoms with Crippen LogP contribution in [0.3, 0.4) is 0 Å². The largest absolute Gasteiger partial charge is 0.336 e. The minimum Gasteiger partial charge on any atom is -0.336 e. The van der Waals surface area contributed by atoms with E-state index in [0.29, 0.717) is 12.5 Å². The molecule has 3 rings (SSSR count). The van der Waals surface area contributed by atoms with E-state index < -0.39 is 0 Å². The normalized spacial score (nSPS) is 38.1. The van der Waals surface area contributed by atoms with Gasteiger partial charge in [-0.1, -0.05) is 25.7 Å². The molecule has 0 aromatic carbocycles. The minimum atomic E-state index is 0.223. The second-order valence-corrected chi connectivity index (χ2v) is 7.50. The van der Waals surface area contributed by atoms with E-state index in [1.165, 1.54) is 32.1 Å². The molecule has 1 aliphatic heterocycles. The van der Waals surface area contributed by atoms with E-state index in [0.717, 1.165) is 44.3 Å². The zero-order valence-corrected chi connectivity index (χ0v) is 13.5. The number of carbonyl (C=O) groups excluding carboxylic acids is 1. The van der Waals surface area contributed by atoms with Crippen molar-refractivity contribution in [3.63, 3.8) is 0 Å². The Labute approximate surface area is 129 Å². The molecule has 2 saturated carbocycles. The fourth-order valence-electron chi connectivity index (χ4n) is 4.83. The van der Waals surface area contributed by atoms with E-state index in [1.807, 2.05) is 0 Å². The number of nitrogens with zero attached hydrogens (tertiary/aromatic N) is 2. The van der Waals surface area contributed by atoms with Crippen LogP contribution in [0.25, 0.3) is 0 Å². The standard InChI is InChI=1S/C17H31N3O/c1-19-8-9-20(16(11-18)12-19)17(21)15-7-6-13-4-2-3-5-14(13)10-15/h13-16H,2-12,18H2,1H3. The van der Waals surface area contributed by atoms with Gasteiger partial charge in [-0.3, -0.25) is 4.79 Å². The molecule has 4 nitrogen and oxygen atoms in total. The minimum absolute atomic E-state index is 0.223. The fourth-order valence-corrected chi connectivity index (χ4v) is 4.83. The Hall–Kier alpha value is -0.610. The number of fused-ring (bicyclic) bond motifs is 1. The zero-order chi connectivity index (χ0) is 14.8. The highest BCUT2D eigenvalue weighted by Gasteiger charge is 2.38. The molecule has 4 unspecified atom stereocenters. The van der Waals surface area contributed by atoms with Crippen LogP contribution in [0.5, 0.6) is 0 Å². The molecule has 3 fully saturated rings. The van der Waals surface area contributed by atoms with Crippen LogP contribution in [0.15, 0.2) is 0 Å². The van der Waals surface area contributed by atoms with Crippen LogP contribution in [0.4, 0.5) is 0 Å². The van der Waals surface area contributed by atoms with E-state index in [1.54, 1.807) is 0 Å². The summed E-state index contributed by atoms with van der Waals surface area (Å²) in [6, 6.07) is 0.223. The van der Waals surface area contributed by atoms with Gasteiger partial charge in [0.05, 0.1) is 6.04 Å². The molecule has 120 valence electrons. The Balaban J connectivity index is 1.62. The van der Waals surface area contributed by atoms with E-state index in [9.17, 15) is 4.79 Å². The Kier molecular flexibility index (Phi) is 4.85. The molecule has 0 radical (unpaired) electrons. The van der Waals surface area contributed by atoms with Gasteiger partial charge in [-0.05, 0) is 38.1 Å². The first-order chi connectivity index (χ1) is 10.2. The van der Waals surface area contributed by atoms with E-state index >= 15 is 0 Å². The molecule has 2 aliphatic carbocycles. The number of hydrogen-bond acceptors (Lipinski definition) is 3. The van der Waals surface area contributed by atoms with Crippen LogP contribution in [0.1, 0.15) is 44.9 Å². The number of piperazine rings is 1. The van der Waals surface area contributed by atoms with Gasteiger partial charge in [0.1, 0.15) is 0 Å². The second-order valence-electron chi connectivity index (χ2n) is 7.50. The summed E-state index contributed by atoms with van der Waals surface area (Å²) >= 11 is 0. The van der Waals surface area contributed by atoms with E-state index in [2.05, 4.69) is 16.8 Å². The second kappa shape index (κ2) is 6.66. The highest BCUT2D eigenvalue weighted by atomic mass is 16.2. The monoisotopic (exact) mass is 293 g/mol. The third kappa shape index (κ3) is 3.26. The van der Waals surface area contributed by atoms with Crippen LogP contribution < -0.4 is 5.73 Å². The summed E-state index contributed by atoms with van der Waals surface area (Å²) in [7, 11) is 2.12. The first-order valence-corrected chi connectivity index (χ1v) is 8.88. The highest BCUT2D eigenvalue weighted by Crippen LogP contribution is 2.43. The molecule has 0 bridgehead atoms. The molecule has 1 amide bonds. The predicted molar refractivity (Wildman–Crippen MR) is 84.8 cm³/mol. The lowest BCUT2D eigenvalue weighted by Crippen LogP contribution is -2.58. The third-order valence-electron chi connectivity index (χ3n) is 6.13. The fraction of sp³-hybridized carbons (Fsp3) is 0.941. The van der Waals surface area contributed by atoms with Crippen LogP contribution >= 0.6 is 0 Å². The lowest BCUT2D eigenvalue weighted by Gasteiger charge is -2.44. The van der Waals surface area contributed by atoms with Gasteiger partial charge in [-0.25, -0.2) is 0 Å². The van der Waals surface area contributed by atoms with Crippen molar-refractivity contribution in [2.45, 2.75) is 51.0 Å². The first-order valence-electron chi connectivity index (χ1n) is 8.88. The summed E-state index contributed by atoms with van der Waals surface area (Å²) in [5.74, 6) is 2.43. The highest BCUT2D eigenvalue weighted by molar-refractivity contribution is 5.79. The number of carbonyl (C=O) groups is 1. The summed E-state index contributed by atoms with van der Waals surface area (Å²) in [5.41, 5.74) is 5.91. The van der Waals surface area contributed by atoms with Gasteiger partial charge in [-0.2, -0.15) is 0 Å². The van der Waals surface area contributed by atoms with Crippen molar-refractivity contribution < 1.29 is 4.79 Å². The number of nitrogens with two attached hydrogens (primary N) is 1. The number of hydrogen-bond donors (Lipinski definition) is 1. The maximum absolute atomic E-state index is 13.0. The third-order valence-corrected chi connectivity index (χ3v) is 6.13. The Bertz CT molecular complexity index is 373. The molecule has 4 heteroatoms. The molecular weight excluding hydrogens is 262 g/mol. The number of amides is 1. The van der Waals surface area contributed by atoms with E-state index in [-0.39, 0.29) is 12.0 Å². The lowest BCUT2D eigenvalue weighted by atomic mass is 9.67. The molecule has 1 heterocycles. The smallest absolute Gasteiger partial charge is 0.226 e. The summed E-state index contributed by atoms with van der Waals surface area (Å²) in [4.78, 5) is 17.4. The van der Waals surface area contributed by atoms with Crippen LogP contribution in [0, 0.1) is 17.8 Å². The van der Waals surface area contributed by atoms with Crippen LogP contribution in [-0.4, -0.2) is 55.0 Å². The Morgan fingerprint density at radius 3 is 2.62 bits per heavy atom. The van der Waals surface area contributed by atoms with Crippen molar-refractivity contribution in [2.75, 3.05) is 33.2 Å². The maximum Gasteiger partial charge on any atom is 0.226 e.